The van der Waals surface area contributed by atoms with Gasteiger partial charge in [-0.15, -0.1) is 0 Å². The van der Waals surface area contributed by atoms with Crippen molar-refractivity contribution in [3.05, 3.63) is 102 Å². The number of nitrogens with one attached hydrogen (secondary N) is 1. The van der Waals surface area contributed by atoms with Crippen LogP contribution in [0.1, 0.15) is 50.3 Å². The summed E-state index contributed by atoms with van der Waals surface area (Å²) in [4.78, 5) is 24.5. The minimum atomic E-state index is -0.834. The van der Waals surface area contributed by atoms with Crippen LogP contribution in [-0.2, 0) is 29.0 Å². The van der Waals surface area contributed by atoms with E-state index in [9.17, 15) is 14.7 Å². The van der Waals surface area contributed by atoms with Gasteiger partial charge >= 0.3 is 12.1 Å². The first-order valence-electron chi connectivity index (χ1n) is 12.7. The van der Waals surface area contributed by atoms with Gasteiger partial charge in [0.05, 0.1) is 5.92 Å². The minimum Gasteiger partial charge on any atom is -0.489 e. The predicted molar refractivity (Wildman–Crippen MR) is 145 cm³/mol. The first-order valence-corrected chi connectivity index (χ1v) is 12.7. The van der Waals surface area contributed by atoms with Crippen LogP contribution in [0.2, 0.25) is 0 Å². The third-order valence-corrected chi connectivity index (χ3v) is 5.91. The number of hydrogen-bond donors (Lipinski definition) is 2. The summed E-state index contributed by atoms with van der Waals surface area (Å²) in [7, 11) is 0. The number of carbonyl (C=O) groups is 2. The van der Waals surface area contributed by atoms with E-state index in [1.807, 2.05) is 106 Å². The Hall–Kier alpha value is -3.80. The van der Waals surface area contributed by atoms with Gasteiger partial charge in [0.2, 0.25) is 0 Å². The lowest BCUT2D eigenvalue weighted by atomic mass is 9.91. The van der Waals surface area contributed by atoms with Crippen LogP contribution in [0.4, 0.5) is 4.79 Å². The fourth-order valence-electron chi connectivity index (χ4n) is 4.06. The molecule has 0 saturated carbocycles. The molecule has 6 nitrogen and oxygen atoms in total. The van der Waals surface area contributed by atoms with Gasteiger partial charge in [-0.05, 0) is 75.3 Å². The van der Waals surface area contributed by atoms with Gasteiger partial charge in [-0.1, -0.05) is 72.8 Å². The third kappa shape index (κ3) is 10.4. The molecule has 1 unspecified atom stereocenters. The van der Waals surface area contributed by atoms with E-state index >= 15 is 0 Å². The Kier molecular flexibility index (Phi) is 10.1. The fourth-order valence-corrected chi connectivity index (χ4v) is 4.06. The molecule has 0 bridgehead atoms. The second-order valence-corrected chi connectivity index (χ2v) is 10.3. The van der Waals surface area contributed by atoms with Crippen molar-refractivity contribution in [1.82, 2.24) is 5.32 Å². The molecule has 0 saturated heterocycles. The number of carboxylic acid groups (broad SMARTS) is 1. The Labute approximate surface area is 219 Å². The highest BCUT2D eigenvalue weighted by Crippen LogP contribution is 2.20. The van der Waals surface area contributed by atoms with Crippen LogP contribution in [0, 0.1) is 5.92 Å². The van der Waals surface area contributed by atoms with Crippen LogP contribution in [0.15, 0.2) is 84.9 Å². The number of carbonyl (C=O) groups excluding carboxylic acids is 1. The summed E-state index contributed by atoms with van der Waals surface area (Å²) in [6, 6.07) is 27.1. The van der Waals surface area contributed by atoms with Crippen LogP contribution in [0.3, 0.4) is 0 Å². The van der Waals surface area contributed by atoms with Crippen molar-refractivity contribution in [2.45, 2.75) is 64.7 Å². The lowest BCUT2D eigenvalue weighted by Gasteiger charge is -2.25. The number of carboxylic acids is 1. The quantitative estimate of drug-likeness (QED) is 0.298. The van der Waals surface area contributed by atoms with E-state index in [1.54, 1.807) is 0 Å². The highest BCUT2D eigenvalue weighted by molar-refractivity contribution is 5.70. The van der Waals surface area contributed by atoms with Crippen LogP contribution in [0.5, 0.6) is 5.75 Å². The molecule has 0 aliphatic carbocycles. The van der Waals surface area contributed by atoms with E-state index in [4.69, 9.17) is 9.47 Å². The first-order chi connectivity index (χ1) is 17.7. The fraction of sp³-hybridized carbons (Fsp3) is 0.355. The highest BCUT2D eigenvalue weighted by Gasteiger charge is 2.23. The molecule has 6 heteroatoms. The molecule has 0 heterocycles. The van der Waals surface area contributed by atoms with Crippen LogP contribution in [-0.4, -0.2) is 28.8 Å². The SMILES string of the molecule is CC(C)(C)OC(=O)N[C@H](CCC(Cc1ccccc1)C(=O)O)Cc1ccc(OCc2ccccc2)cc1. The molecular weight excluding hydrogens is 466 g/mol. The lowest BCUT2D eigenvalue weighted by Crippen LogP contribution is -2.40. The maximum atomic E-state index is 12.5. The molecular formula is C31H37NO5. The molecule has 2 atom stereocenters. The summed E-state index contributed by atoms with van der Waals surface area (Å²) in [5, 5.41) is 12.8. The largest absolute Gasteiger partial charge is 0.489 e. The summed E-state index contributed by atoms with van der Waals surface area (Å²) >= 11 is 0. The van der Waals surface area contributed by atoms with Crippen molar-refractivity contribution in [1.29, 1.82) is 0 Å². The van der Waals surface area contributed by atoms with Crippen LogP contribution >= 0.6 is 0 Å². The van der Waals surface area contributed by atoms with E-state index in [1.165, 1.54) is 0 Å². The zero-order valence-electron chi connectivity index (χ0n) is 21.9. The molecule has 3 aromatic rings. The van der Waals surface area contributed by atoms with Gasteiger partial charge in [0.25, 0.3) is 0 Å². The molecule has 0 aromatic heterocycles. The van der Waals surface area contributed by atoms with Gasteiger partial charge in [0.1, 0.15) is 18.0 Å². The van der Waals surface area contributed by atoms with Crippen molar-refractivity contribution < 1.29 is 24.2 Å². The van der Waals surface area contributed by atoms with Gasteiger partial charge in [-0.2, -0.15) is 0 Å². The van der Waals surface area contributed by atoms with Gasteiger partial charge in [-0.25, -0.2) is 4.79 Å². The Balaban J connectivity index is 1.64. The Bertz CT molecular complexity index is 1110. The summed E-state index contributed by atoms with van der Waals surface area (Å²) in [5.41, 5.74) is 2.47. The number of alkyl carbamates (subject to hydrolysis) is 1. The predicted octanol–water partition coefficient (Wildman–Crippen LogP) is 6.43. The minimum absolute atomic E-state index is 0.274. The highest BCUT2D eigenvalue weighted by atomic mass is 16.6. The van der Waals surface area contributed by atoms with Crippen molar-refractivity contribution in [2.75, 3.05) is 0 Å². The molecule has 0 fully saturated rings. The maximum absolute atomic E-state index is 12.5. The summed E-state index contributed by atoms with van der Waals surface area (Å²) in [6.45, 7) is 5.93. The molecule has 3 aromatic carbocycles. The first kappa shape index (κ1) is 27.8. The van der Waals surface area contributed by atoms with Crippen LogP contribution < -0.4 is 10.1 Å². The zero-order valence-corrected chi connectivity index (χ0v) is 21.9. The van der Waals surface area contributed by atoms with Crippen molar-refractivity contribution in [2.24, 2.45) is 5.92 Å². The van der Waals surface area contributed by atoms with Crippen LogP contribution in [0.25, 0.3) is 0 Å². The smallest absolute Gasteiger partial charge is 0.407 e. The van der Waals surface area contributed by atoms with E-state index in [-0.39, 0.29) is 6.04 Å². The number of aliphatic carboxylic acids is 1. The summed E-state index contributed by atoms with van der Waals surface area (Å²) in [5.74, 6) is -0.614. The molecule has 3 rings (SSSR count). The molecule has 0 spiro atoms. The zero-order chi connectivity index (χ0) is 26.7. The molecule has 0 aliphatic heterocycles. The van der Waals surface area contributed by atoms with Gasteiger partial charge < -0.3 is 19.9 Å². The number of hydrogen-bond acceptors (Lipinski definition) is 4. The average molecular weight is 504 g/mol. The lowest BCUT2D eigenvalue weighted by molar-refractivity contribution is -0.142. The number of ether oxygens (including phenoxy) is 2. The number of rotatable bonds is 12. The molecule has 1 amide bonds. The summed E-state index contributed by atoms with van der Waals surface area (Å²) in [6.07, 6.45) is 1.44. The Morgan fingerprint density at radius 1 is 0.784 bits per heavy atom. The molecule has 0 aliphatic rings. The maximum Gasteiger partial charge on any atom is 0.407 e. The Morgan fingerprint density at radius 3 is 1.92 bits per heavy atom. The molecule has 37 heavy (non-hydrogen) atoms. The second kappa shape index (κ2) is 13.5. The van der Waals surface area contributed by atoms with Gasteiger partial charge in [0.15, 0.2) is 0 Å². The Morgan fingerprint density at radius 2 is 1.35 bits per heavy atom. The van der Waals surface area contributed by atoms with Crippen molar-refractivity contribution in [3.63, 3.8) is 0 Å². The summed E-state index contributed by atoms with van der Waals surface area (Å²) < 4.78 is 11.3. The van der Waals surface area contributed by atoms with E-state index in [2.05, 4.69) is 5.32 Å². The van der Waals surface area contributed by atoms with E-state index in [0.717, 1.165) is 22.4 Å². The number of benzene rings is 3. The van der Waals surface area contributed by atoms with Crippen molar-refractivity contribution >= 4 is 12.1 Å². The number of amides is 1. The van der Waals surface area contributed by atoms with Gasteiger partial charge in [0, 0.05) is 6.04 Å². The standard InChI is InChI=1S/C31H37NO5/c1-31(2,3)37-30(35)32-27(17-16-26(29(33)34)20-23-10-6-4-7-11-23)21-24-14-18-28(19-15-24)36-22-25-12-8-5-9-13-25/h4-15,18-19,26-27H,16-17,20-22H2,1-3H3,(H,32,35)(H,33,34)/t26?,27-/m1/s1. The average Bonchev–Trinajstić information content (AvgIpc) is 2.86. The molecule has 0 radical (unpaired) electrons. The molecule has 2 N–H and O–H groups in total. The molecule has 196 valence electrons. The second-order valence-electron chi connectivity index (χ2n) is 10.3. The topological polar surface area (TPSA) is 84.9 Å². The normalized spacial score (nSPS) is 12.8. The van der Waals surface area contributed by atoms with E-state index < -0.39 is 23.6 Å². The van der Waals surface area contributed by atoms with Gasteiger partial charge in [-0.3, -0.25) is 4.79 Å². The third-order valence-electron chi connectivity index (χ3n) is 5.91. The monoisotopic (exact) mass is 503 g/mol. The van der Waals surface area contributed by atoms with Crippen molar-refractivity contribution in [3.8, 4) is 5.75 Å². The van der Waals surface area contributed by atoms with E-state index in [0.29, 0.717) is 32.3 Å².